The normalized spacial score (nSPS) is 10.8. The molecule has 6 heteroatoms. The van der Waals surface area contributed by atoms with Crippen molar-refractivity contribution in [1.82, 2.24) is 20.0 Å². The zero-order valence-corrected chi connectivity index (χ0v) is 11.2. The van der Waals surface area contributed by atoms with Gasteiger partial charge in [-0.15, -0.1) is 5.10 Å². The van der Waals surface area contributed by atoms with E-state index in [0.717, 1.165) is 17.5 Å². The molecule has 2 aromatic heterocycles. The summed E-state index contributed by atoms with van der Waals surface area (Å²) in [6.45, 7) is 2.61. The molecule has 6 nitrogen and oxygen atoms in total. The Bertz CT molecular complexity index is 737. The van der Waals surface area contributed by atoms with Crippen molar-refractivity contribution in [2.24, 2.45) is 0 Å². The van der Waals surface area contributed by atoms with E-state index in [4.69, 9.17) is 10.5 Å². The molecule has 0 aliphatic carbocycles. The number of nitrogen functional groups attached to an aromatic ring is 1. The second kappa shape index (κ2) is 5.16. The minimum atomic E-state index is 0.434. The van der Waals surface area contributed by atoms with Gasteiger partial charge in [0.2, 0.25) is 5.88 Å². The number of rotatable bonds is 4. The van der Waals surface area contributed by atoms with Gasteiger partial charge in [-0.3, -0.25) is 0 Å². The molecule has 0 fully saturated rings. The maximum atomic E-state index is 5.86. The lowest BCUT2D eigenvalue weighted by Gasteiger charge is -2.08. The molecule has 0 aliphatic rings. The van der Waals surface area contributed by atoms with Gasteiger partial charge in [0.25, 0.3) is 0 Å². The minimum absolute atomic E-state index is 0.434. The summed E-state index contributed by atoms with van der Waals surface area (Å²) >= 11 is 0. The smallest absolute Gasteiger partial charge is 0.239 e. The number of pyridine rings is 1. The van der Waals surface area contributed by atoms with Crippen LogP contribution in [-0.4, -0.2) is 26.6 Å². The number of hydrogen-bond donors (Lipinski definition) is 1. The lowest BCUT2D eigenvalue weighted by atomic mass is 10.3. The number of nitrogens with two attached hydrogens (primary N) is 1. The largest absolute Gasteiger partial charge is 0.476 e. The van der Waals surface area contributed by atoms with Crippen LogP contribution in [0.1, 0.15) is 13.3 Å². The van der Waals surface area contributed by atoms with E-state index in [1.54, 1.807) is 16.8 Å². The summed E-state index contributed by atoms with van der Waals surface area (Å²) in [6.07, 6.45) is 0.900. The molecular formula is C14H15N5O. The number of anilines is 1. The van der Waals surface area contributed by atoms with Crippen LogP contribution in [0.3, 0.4) is 0 Å². The van der Waals surface area contributed by atoms with Crippen molar-refractivity contribution in [2.75, 3.05) is 12.3 Å². The van der Waals surface area contributed by atoms with E-state index >= 15 is 0 Å². The van der Waals surface area contributed by atoms with E-state index in [0.29, 0.717) is 24.0 Å². The molecule has 0 saturated heterocycles. The molecule has 102 valence electrons. The summed E-state index contributed by atoms with van der Waals surface area (Å²) in [6, 6.07) is 11.3. The summed E-state index contributed by atoms with van der Waals surface area (Å²) in [4.78, 5) is 4.42. The number of para-hydroxylation sites is 1. The Balaban J connectivity index is 2.05. The standard InChI is InChI=1S/C14H15N5O/c1-2-9-20-14-10(15)7-8-13(16-14)19-12-6-4-3-5-11(12)17-18-19/h3-8H,2,9,15H2,1H3. The first-order chi connectivity index (χ1) is 9.79. The zero-order valence-electron chi connectivity index (χ0n) is 11.2. The monoisotopic (exact) mass is 269 g/mol. The number of nitrogens with zero attached hydrogens (tertiary/aromatic N) is 4. The lowest BCUT2D eigenvalue weighted by molar-refractivity contribution is 0.307. The van der Waals surface area contributed by atoms with E-state index < -0.39 is 0 Å². The topological polar surface area (TPSA) is 78.8 Å². The summed E-state index contributed by atoms with van der Waals surface area (Å²) in [7, 11) is 0. The number of benzene rings is 1. The van der Waals surface area contributed by atoms with Gasteiger partial charge in [-0.2, -0.15) is 9.67 Å². The predicted octanol–water partition coefficient (Wildman–Crippen LogP) is 2.19. The van der Waals surface area contributed by atoms with E-state index in [1.807, 2.05) is 31.2 Å². The number of hydrogen-bond acceptors (Lipinski definition) is 5. The third-order valence-corrected chi connectivity index (χ3v) is 2.89. The SMILES string of the molecule is CCCOc1nc(-n2nnc3ccccc32)ccc1N. The van der Waals surface area contributed by atoms with Gasteiger partial charge in [0.05, 0.1) is 17.8 Å². The minimum Gasteiger partial charge on any atom is -0.476 e. The van der Waals surface area contributed by atoms with Gasteiger partial charge in [0.1, 0.15) is 5.52 Å². The van der Waals surface area contributed by atoms with Crippen LogP contribution >= 0.6 is 0 Å². The molecule has 0 unspecified atom stereocenters. The van der Waals surface area contributed by atoms with Crippen molar-refractivity contribution in [2.45, 2.75) is 13.3 Å². The Labute approximate surface area is 116 Å². The van der Waals surface area contributed by atoms with Crippen LogP contribution in [0, 0.1) is 0 Å². The van der Waals surface area contributed by atoms with Crippen molar-refractivity contribution in [3.8, 4) is 11.7 Å². The van der Waals surface area contributed by atoms with Crippen molar-refractivity contribution in [1.29, 1.82) is 0 Å². The Morgan fingerprint density at radius 1 is 1.20 bits per heavy atom. The predicted molar refractivity (Wildman–Crippen MR) is 76.9 cm³/mol. The Hall–Kier alpha value is -2.63. The molecule has 2 heterocycles. The fourth-order valence-corrected chi connectivity index (χ4v) is 1.91. The van der Waals surface area contributed by atoms with Crippen LogP contribution in [-0.2, 0) is 0 Å². The molecular weight excluding hydrogens is 254 g/mol. The summed E-state index contributed by atoms with van der Waals surface area (Å²) < 4.78 is 7.21. The molecule has 0 bridgehead atoms. The first-order valence-corrected chi connectivity index (χ1v) is 6.49. The third-order valence-electron chi connectivity index (χ3n) is 2.89. The highest BCUT2D eigenvalue weighted by Crippen LogP contribution is 2.22. The van der Waals surface area contributed by atoms with Crippen molar-refractivity contribution in [3.05, 3.63) is 36.4 Å². The molecule has 0 aliphatic heterocycles. The molecule has 0 amide bonds. The van der Waals surface area contributed by atoms with Crippen molar-refractivity contribution >= 4 is 16.7 Å². The fourth-order valence-electron chi connectivity index (χ4n) is 1.91. The van der Waals surface area contributed by atoms with Crippen molar-refractivity contribution in [3.63, 3.8) is 0 Å². The lowest BCUT2D eigenvalue weighted by Crippen LogP contribution is -2.05. The summed E-state index contributed by atoms with van der Waals surface area (Å²) in [5.41, 5.74) is 8.10. The van der Waals surface area contributed by atoms with Gasteiger partial charge in [0, 0.05) is 0 Å². The van der Waals surface area contributed by atoms with Crippen molar-refractivity contribution < 1.29 is 4.74 Å². The number of aromatic nitrogens is 4. The molecule has 1 aromatic carbocycles. The van der Waals surface area contributed by atoms with E-state index in [1.165, 1.54) is 0 Å². The first-order valence-electron chi connectivity index (χ1n) is 6.49. The highest BCUT2D eigenvalue weighted by atomic mass is 16.5. The Kier molecular flexibility index (Phi) is 3.20. The Morgan fingerprint density at radius 2 is 2.05 bits per heavy atom. The second-order valence-electron chi connectivity index (χ2n) is 4.40. The zero-order chi connectivity index (χ0) is 13.9. The van der Waals surface area contributed by atoms with E-state index in [9.17, 15) is 0 Å². The molecule has 0 saturated carbocycles. The number of fused-ring (bicyclic) bond motifs is 1. The van der Waals surface area contributed by atoms with Gasteiger partial charge < -0.3 is 10.5 Å². The van der Waals surface area contributed by atoms with Gasteiger partial charge >= 0.3 is 0 Å². The maximum absolute atomic E-state index is 5.86. The average Bonchev–Trinajstić information content (AvgIpc) is 2.90. The molecule has 0 spiro atoms. The van der Waals surface area contributed by atoms with Gasteiger partial charge in [-0.1, -0.05) is 24.3 Å². The van der Waals surface area contributed by atoms with E-state index in [-0.39, 0.29) is 0 Å². The molecule has 2 N–H and O–H groups in total. The molecule has 3 rings (SSSR count). The summed E-state index contributed by atoms with van der Waals surface area (Å²) in [5, 5.41) is 8.23. The molecule has 0 radical (unpaired) electrons. The number of ether oxygens (including phenoxy) is 1. The first kappa shape index (κ1) is 12.4. The van der Waals surface area contributed by atoms with Gasteiger partial charge in [-0.25, -0.2) is 0 Å². The van der Waals surface area contributed by atoms with Gasteiger partial charge in [-0.05, 0) is 30.7 Å². The van der Waals surface area contributed by atoms with Crippen LogP contribution in [0.4, 0.5) is 5.69 Å². The maximum Gasteiger partial charge on any atom is 0.239 e. The summed E-state index contributed by atoms with van der Waals surface area (Å²) in [5.74, 6) is 1.07. The third kappa shape index (κ3) is 2.16. The van der Waals surface area contributed by atoms with Crippen LogP contribution in [0.2, 0.25) is 0 Å². The fraction of sp³-hybridized carbons (Fsp3) is 0.214. The average molecular weight is 269 g/mol. The molecule has 0 atom stereocenters. The molecule has 3 aromatic rings. The van der Waals surface area contributed by atoms with Crippen LogP contribution < -0.4 is 10.5 Å². The quantitative estimate of drug-likeness (QED) is 0.785. The second-order valence-corrected chi connectivity index (χ2v) is 4.40. The highest BCUT2D eigenvalue weighted by molar-refractivity contribution is 5.75. The Morgan fingerprint density at radius 3 is 2.90 bits per heavy atom. The van der Waals surface area contributed by atoms with Crippen LogP contribution in [0.25, 0.3) is 16.9 Å². The van der Waals surface area contributed by atoms with Gasteiger partial charge in [0.15, 0.2) is 5.82 Å². The van der Waals surface area contributed by atoms with E-state index in [2.05, 4.69) is 15.3 Å². The van der Waals surface area contributed by atoms with Crippen LogP contribution in [0.15, 0.2) is 36.4 Å². The van der Waals surface area contributed by atoms with Crippen LogP contribution in [0.5, 0.6) is 5.88 Å². The molecule has 20 heavy (non-hydrogen) atoms. The highest BCUT2D eigenvalue weighted by Gasteiger charge is 2.10.